The molecule has 1 unspecified atom stereocenters. The molecule has 1 atom stereocenters. The number of ether oxygens (including phenoxy) is 1. The predicted molar refractivity (Wildman–Crippen MR) is 164 cm³/mol. The van der Waals surface area contributed by atoms with Gasteiger partial charge in [-0.2, -0.15) is 4.55 Å². The van der Waals surface area contributed by atoms with Crippen molar-refractivity contribution >= 4 is 22.3 Å². The van der Waals surface area contributed by atoms with Gasteiger partial charge in [-0.05, 0) is 65.8 Å². The molecule has 0 aromatic heterocycles. The van der Waals surface area contributed by atoms with Gasteiger partial charge in [0.1, 0.15) is 5.60 Å². The van der Waals surface area contributed by atoms with E-state index in [1.807, 2.05) is 45.0 Å². The number of nitrogens with zero attached hydrogens (tertiary/aromatic N) is 3. The summed E-state index contributed by atoms with van der Waals surface area (Å²) in [5, 5.41) is 0. The highest BCUT2D eigenvalue weighted by atomic mass is 32.3. The fraction of sp³-hybridized carbons (Fsp3) is 0.394. The summed E-state index contributed by atoms with van der Waals surface area (Å²) in [5.41, 5.74) is 4.85. The third kappa shape index (κ3) is 7.33. The van der Waals surface area contributed by atoms with Crippen molar-refractivity contribution in [1.82, 2.24) is 14.1 Å². The maximum absolute atomic E-state index is 13.3. The minimum absolute atomic E-state index is 0.00389. The van der Waals surface area contributed by atoms with Crippen LogP contribution < -0.4 is 0 Å². The number of ketones is 1. The Morgan fingerprint density at radius 3 is 2.10 bits per heavy atom. The lowest BCUT2D eigenvalue weighted by Crippen LogP contribution is -2.53. The lowest BCUT2D eigenvalue weighted by Gasteiger charge is -2.33. The van der Waals surface area contributed by atoms with Crippen molar-refractivity contribution < 1.29 is 23.1 Å². The van der Waals surface area contributed by atoms with E-state index in [0.29, 0.717) is 18.7 Å². The van der Waals surface area contributed by atoms with Crippen LogP contribution in [0, 0.1) is 0 Å². The van der Waals surface area contributed by atoms with E-state index in [1.165, 1.54) is 21.0 Å². The molecular formula is C33H40N3O5S+. The van der Waals surface area contributed by atoms with Gasteiger partial charge >= 0.3 is 16.5 Å². The monoisotopic (exact) mass is 590 g/mol. The number of hydrogen-bond donors (Lipinski definition) is 1. The molecule has 0 spiro atoms. The van der Waals surface area contributed by atoms with E-state index in [1.54, 1.807) is 29.2 Å². The maximum Gasteiger partial charge on any atom is 0.410 e. The lowest BCUT2D eigenvalue weighted by molar-refractivity contribution is 0.0189. The van der Waals surface area contributed by atoms with Crippen LogP contribution in [0.1, 0.15) is 53.4 Å². The van der Waals surface area contributed by atoms with Crippen LogP contribution in [0.4, 0.5) is 4.79 Å². The van der Waals surface area contributed by atoms with E-state index in [-0.39, 0.29) is 30.2 Å². The number of carbonyl (C=O) groups is 2. The average Bonchev–Trinajstić information content (AvgIpc) is 2.97. The van der Waals surface area contributed by atoms with Gasteiger partial charge in [-0.3, -0.25) is 9.69 Å². The Balaban J connectivity index is 1.13. The summed E-state index contributed by atoms with van der Waals surface area (Å²) in [6, 6.07) is 23.1. The Labute approximate surface area is 249 Å². The largest absolute Gasteiger partial charge is 0.444 e. The number of carbonyl (C=O) groups excluding carboxylic acids is 2. The van der Waals surface area contributed by atoms with E-state index in [9.17, 15) is 18.4 Å². The lowest BCUT2D eigenvalue weighted by atomic mass is 9.99. The number of fused-ring (bicyclic) bond motifs is 1. The zero-order valence-corrected chi connectivity index (χ0v) is 25.4. The maximum atomic E-state index is 13.3. The molecule has 222 valence electrons. The van der Waals surface area contributed by atoms with E-state index < -0.39 is 22.1 Å². The van der Waals surface area contributed by atoms with Crippen molar-refractivity contribution in [3.63, 3.8) is 0 Å². The molecular weight excluding hydrogens is 550 g/mol. The van der Waals surface area contributed by atoms with Gasteiger partial charge in [-0.25, -0.2) is 4.79 Å². The number of benzene rings is 3. The van der Waals surface area contributed by atoms with Crippen LogP contribution in [0.5, 0.6) is 0 Å². The average molecular weight is 591 g/mol. The number of piperazine rings is 1. The number of rotatable bonds is 7. The molecule has 5 rings (SSSR count). The van der Waals surface area contributed by atoms with Gasteiger partial charge in [0, 0.05) is 44.7 Å². The summed E-state index contributed by atoms with van der Waals surface area (Å²) in [6.07, 6.45) is 0.856. The molecule has 0 radical (unpaired) electrons. The number of amides is 1. The molecule has 0 saturated carbocycles. The van der Waals surface area contributed by atoms with E-state index >= 15 is 0 Å². The predicted octanol–water partition coefficient (Wildman–Crippen LogP) is 5.47. The standard InChI is InChI=1S/C33H39N3O5S/c1-33(2,3)41-32(38)35-18-20-36(21-19-35)42(39,40)30-14-10-25(11-15-30)22-31(37)28-12-8-26(9-13-28)23-34-17-16-27-6-4-5-7-29(27)24-34/h4-15H,16-24H2,1-3H3/p+1. The van der Waals surface area contributed by atoms with E-state index in [4.69, 9.17) is 4.74 Å². The topological polar surface area (TPSA) is 90.4 Å². The van der Waals surface area contributed by atoms with Gasteiger partial charge in [0.2, 0.25) is 4.90 Å². The van der Waals surface area contributed by atoms with Crippen molar-refractivity contribution in [2.75, 3.05) is 32.7 Å². The quantitative estimate of drug-likeness (QED) is 0.290. The first-order chi connectivity index (χ1) is 20.0. The molecule has 3 aromatic rings. The normalized spacial score (nSPS) is 17.8. The fourth-order valence-electron chi connectivity index (χ4n) is 5.41. The van der Waals surface area contributed by atoms with Crippen LogP contribution in [-0.4, -0.2) is 68.9 Å². The van der Waals surface area contributed by atoms with Crippen molar-refractivity contribution in [3.8, 4) is 0 Å². The molecule has 42 heavy (non-hydrogen) atoms. The van der Waals surface area contributed by atoms with Gasteiger partial charge in [0.25, 0.3) is 0 Å². The van der Waals surface area contributed by atoms with Gasteiger partial charge < -0.3 is 9.64 Å². The van der Waals surface area contributed by atoms with Crippen LogP contribution in [0.2, 0.25) is 0 Å². The molecule has 0 aliphatic carbocycles. The Hall–Kier alpha value is -3.37. The van der Waals surface area contributed by atoms with Crippen LogP contribution in [-0.2, 0) is 45.3 Å². The summed E-state index contributed by atoms with van der Waals surface area (Å²) in [4.78, 5) is 29.6. The minimum atomic E-state index is -3.46. The van der Waals surface area contributed by atoms with Crippen LogP contribution in [0.15, 0.2) is 77.7 Å². The second-order valence-corrected chi connectivity index (χ2v) is 14.0. The summed E-state index contributed by atoms with van der Waals surface area (Å²) >= 11 is 0. The van der Waals surface area contributed by atoms with Crippen molar-refractivity contribution in [1.29, 1.82) is 0 Å². The zero-order valence-electron chi connectivity index (χ0n) is 24.6. The summed E-state index contributed by atoms with van der Waals surface area (Å²) < 4.78 is 31.1. The molecule has 0 bridgehead atoms. The third-order valence-corrected chi connectivity index (χ3v) is 9.68. The SMILES string of the molecule is CC(C)(C)OC(=O)N1CCN([S+](=O)(O)c2ccc(CC(=O)c3ccc(CN4CCc5ccccc5C4)cc3)cc2)CC1. The highest BCUT2D eigenvalue weighted by molar-refractivity contribution is 7.95. The van der Waals surface area contributed by atoms with E-state index in [0.717, 1.165) is 31.6 Å². The molecule has 1 fully saturated rings. The molecule has 2 aliphatic heterocycles. The second-order valence-electron chi connectivity index (χ2n) is 12.1. The summed E-state index contributed by atoms with van der Waals surface area (Å²) in [7, 11) is -3.46. The van der Waals surface area contributed by atoms with Crippen LogP contribution in [0.25, 0.3) is 0 Å². The van der Waals surface area contributed by atoms with Crippen molar-refractivity contribution in [2.24, 2.45) is 0 Å². The summed E-state index contributed by atoms with van der Waals surface area (Å²) in [5.74, 6) is 0.00389. The zero-order chi connectivity index (χ0) is 29.9. The van der Waals surface area contributed by atoms with Crippen molar-refractivity contribution in [3.05, 3.63) is 101 Å². The first-order valence-electron chi connectivity index (χ1n) is 14.5. The van der Waals surface area contributed by atoms with Crippen molar-refractivity contribution in [2.45, 2.75) is 57.2 Å². The fourth-order valence-corrected chi connectivity index (χ4v) is 6.86. The molecule has 8 nitrogen and oxygen atoms in total. The second kappa shape index (κ2) is 12.5. The highest BCUT2D eigenvalue weighted by Crippen LogP contribution is 2.25. The Kier molecular flexibility index (Phi) is 8.94. The Bertz CT molecular complexity index is 1460. The molecule has 1 saturated heterocycles. The highest BCUT2D eigenvalue weighted by Gasteiger charge is 2.41. The molecule has 2 aliphatic rings. The van der Waals surface area contributed by atoms with Gasteiger partial charge in [-0.15, -0.1) is 0 Å². The number of hydrogen-bond acceptors (Lipinski definition) is 5. The molecule has 3 aromatic carbocycles. The van der Waals surface area contributed by atoms with Crippen LogP contribution in [0.3, 0.4) is 0 Å². The Morgan fingerprint density at radius 2 is 1.45 bits per heavy atom. The smallest absolute Gasteiger partial charge is 0.410 e. The third-order valence-electron chi connectivity index (χ3n) is 7.73. The number of Topliss-reactive ketones (excluding diaryl/α,β-unsaturated/α-hetero) is 1. The van der Waals surface area contributed by atoms with Gasteiger partial charge in [0.05, 0.1) is 13.1 Å². The summed E-state index contributed by atoms with van der Waals surface area (Å²) in [6.45, 7) is 9.38. The molecule has 2 heterocycles. The van der Waals surface area contributed by atoms with Gasteiger partial charge in [-0.1, -0.05) is 65.0 Å². The van der Waals surface area contributed by atoms with Crippen LogP contribution >= 0.6 is 0 Å². The molecule has 1 N–H and O–H groups in total. The molecule has 1 amide bonds. The minimum Gasteiger partial charge on any atom is -0.444 e. The first-order valence-corrected chi connectivity index (χ1v) is 15.9. The Morgan fingerprint density at radius 1 is 0.833 bits per heavy atom. The first kappa shape index (κ1) is 30.1. The van der Waals surface area contributed by atoms with Gasteiger partial charge in [0.15, 0.2) is 5.78 Å². The molecule has 9 heteroatoms. The van der Waals surface area contributed by atoms with E-state index in [2.05, 4.69) is 29.2 Å².